The molecule has 2 aromatic carbocycles. The number of rotatable bonds is 5. The number of methoxy groups -OCH3 is 1. The highest BCUT2D eigenvalue weighted by atomic mass is 32.2. The fraction of sp³-hybridized carbons (Fsp3) is 0.211. The third-order valence-electron chi connectivity index (χ3n) is 5.03. The highest BCUT2D eigenvalue weighted by Crippen LogP contribution is 2.40. The van der Waals surface area contributed by atoms with Crippen LogP contribution in [-0.4, -0.2) is 43.6 Å². The second-order valence-corrected chi connectivity index (χ2v) is 8.67. The fourth-order valence-electron chi connectivity index (χ4n) is 3.41. The first-order valence-electron chi connectivity index (χ1n) is 8.76. The molecule has 0 aliphatic carbocycles. The van der Waals surface area contributed by atoms with E-state index in [9.17, 15) is 18.0 Å². The van der Waals surface area contributed by atoms with Crippen LogP contribution >= 0.6 is 0 Å². The fourth-order valence-corrected chi connectivity index (χ4v) is 3.86. The normalized spacial score (nSPS) is 18.2. The van der Waals surface area contributed by atoms with E-state index in [-0.39, 0.29) is 5.75 Å². The second kappa shape index (κ2) is 6.46. The van der Waals surface area contributed by atoms with Crippen molar-refractivity contribution >= 4 is 38.7 Å². The molecule has 0 bridgehead atoms. The largest absolute Gasteiger partial charge is 0.496 e. The molecule has 0 spiro atoms. The van der Waals surface area contributed by atoms with Crippen molar-refractivity contribution in [2.75, 3.05) is 18.7 Å². The summed E-state index contributed by atoms with van der Waals surface area (Å²) in [5.41, 5.74) is 6.63. The van der Waals surface area contributed by atoms with E-state index in [0.29, 0.717) is 39.4 Å². The third-order valence-corrected chi connectivity index (χ3v) is 5.53. The first-order valence-corrected chi connectivity index (χ1v) is 10.6. The number of aromatic nitrogens is 2. The van der Waals surface area contributed by atoms with Crippen LogP contribution in [0.4, 0.5) is 5.69 Å². The summed E-state index contributed by atoms with van der Waals surface area (Å²) in [6.45, 7) is 1.47. The Morgan fingerprint density at radius 3 is 2.60 bits per heavy atom. The molecule has 3 aromatic rings. The number of nitrogens with two attached hydrogens (primary N) is 1. The predicted molar refractivity (Wildman–Crippen MR) is 109 cm³/mol. The number of anilines is 1. The molecule has 1 aliphatic heterocycles. The number of aromatic amines is 1. The first kappa shape index (κ1) is 19.7. The van der Waals surface area contributed by atoms with Gasteiger partial charge in [0.25, 0.3) is 0 Å². The molecule has 0 fully saturated rings. The lowest BCUT2D eigenvalue weighted by Crippen LogP contribution is -2.44. The minimum atomic E-state index is -3.68. The Morgan fingerprint density at radius 1 is 1.23 bits per heavy atom. The van der Waals surface area contributed by atoms with Crippen molar-refractivity contribution in [3.05, 3.63) is 35.9 Å². The molecule has 0 saturated heterocycles. The number of fused-ring (bicyclic) bond motifs is 2. The van der Waals surface area contributed by atoms with E-state index in [2.05, 4.69) is 15.3 Å². The first-order chi connectivity index (χ1) is 14.0. The maximum absolute atomic E-state index is 12.3. The lowest BCUT2D eigenvalue weighted by Gasteiger charge is -2.17. The van der Waals surface area contributed by atoms with Gasteiger partial charge in [0.05, 0.1) is 30.0 Å². The smallest absolute Gasteiger partial charge is 0.306 e. The molecule has 0 saturated carbocycles. The minimum absolute atomic E-state index is 0.105. The number of benzene rings is 2. The summed E-state index contributed by atoms with van der Waals surface area (Å²) in [5, 5.41) is 2.68. The molecule has 1 aromatic heterocycles. The molecule has 4 rings (SSSR count). The molecule has 156 valence electrons. The van der Waals surface area contributed by atoms with E-state index in [1.165, 1.54) is 26.2 Å². The molecule has 0 radical (unpaired) electrons. The van der Waals surface area contributed by atoms with Gasteiger partial charge >= 0.3 is 10.1 Å². The number of hydrogen-bond acceptors (Lipinski definition) is 7. The molecule has 2 heterocycles. The summed E-state index contributed by atoms with van der Waals surface area (Å²) in [6, 6.07) is 7.85. The number of carbonyl (C=O) groups is 2. The maximum Gasteiger partial charge on any atom is 0.306 e. The van der Waals surface area contributed by atoms with Crippen molar-refractivity contribution in [2.24, 2.45) is 5.73 Å². The molecular formula is C19H18N4O6S. The van der Waals surface area contributed by atoms with Crippen LogP contribution in [0.2, 0.25) is 0 Å². The van der Waals surface area contributed by atoms with Crippen LogP contribution in [0.3, 0.4) is 0 Å². The summed E-state index contributed by atoms with van der Waals surface area (Å²) in [6.07, 6.45) is 0.949. The molecule has 1 atom stereocenters. The third kappa shape index (κ3) is 3.03. The number of carbonyl (C=O) groups excluding carboxylic acids is 2. The van der Waals surface area contributed by atoms with Crippen molar-refractivity contribution in [1.82, 2.24) is 9.97 Å². The van der Waals surface area contributed by atoms with Crippen LogP contribution in [-0.2, 0) is 25.1 Å². The standard InChI is InChI=1S/C19H18N4O6S/c1-19(17(20)24)11-7-13-14(8-12(11)23-18(19)25)22-16(21-13)10-5-4-9(6-15(10)28-2)29-30(3,26)27/h4-8H,1-3H3,(H2,20,24)(H,21,22)(H,23,25). The topological polar surface area (TPSA) is 153 Å². The van der Waals surface area contributed by atoms with E-state index in [1.807, 2.05) is 0 Å². The SMILES string of the molecule is COc1cc(OS(C)(=O)=O)ccc1-c1nc2cc3c(cc2[nH]1)NC(=O)C3(C)C(N)=O. The average Bonchev–Trinajstić information content (AvgIpc) is 3.17. The highest BCUT2D eigenvalue weighted by molar-refractivity contribution is 7.86. The van der Waals surface area contributed by atoms with Crippen molar-refractivity contribution in [3.8, 4) is 22.9 Å². The van der Waals surface area contributed by atoms with Gasteiger partial charge in [-0.15, -0.1) is 0 Å². The Labute approximate surface area is 171 Å². The average molecular weight is 430 g/mol. The molecular weight excluding hydrogens is 412 g/mol. The zero-order chi connectivity index (χ0) is 21.8. The molecule has 1 aliphatic rings. The lowest BCUT2D eigenvalue weighted by molar-refractivity contribution is -0.131. The van der Waals surface area contributed by atoms with Gasteiger partial charge in [0, 0.05) is 17.3 Å². The Balaban J connectivity index is 1.81. The van der Waals surface area contributed by atoms with Crippen LogP contribution in [0, 0.1) is 0 Å². The van der Waals surface area contributed by atoms with Crippen molar-refractivity contribution in [2.45, 2.75) is 12.3 Å². The summed E-state index contributed by atoms with van der Waals surface area (Å²) >= 11 is 0. The highest BCUT2D eigenvalue weighted by Gasteiger charge is 2.48. The van der Waals surface area contributed by atoms with Gasteiger partial charge in [0.2, 0.25) is 11.8 Å². The van der Waals surface area contributed by atoms with Crippen molar-refractivity contribution < 1.29 is 26.9 Å². The number of nitrogens with one attached hydrogen (secondary N) is 2. The van der Waals surface area contributed by atoms with Gasteiger partial charge in [0.15, 0.2) is 5.41 Å². The predicted octanol–water partition coefficient (Wildman–Crippen LogP) is 1.27. The molecule has 4 N–H and O–H groups in total. The lowest BCUT2D eigenvalue weighted by atomic mass is 9.83. The number of amides is 2. The molecule has 1 unspecified atom stereocenters. The van der Waals surface area contributed by atoms with Crippen LogP contribution in [0.1, 0.15) is 12.5 Å². The summed E-state index contributed by atoms with van der Waals surface area (Å²) in [5.74, 6) is -0.340. The Hall–Kier alpha value is -3.60. The van der Waals surface area contributed by atoms with Crippen LogP contribution in [0.5, 0.6) is 11.5 Å². The van der Waals surface area contributed by atoms with Crippen LogP contribution < -0.4 is 20.0 Å². The van der Waals surface area contributed by atoms with Crippen molar-refractivity contribution in [1.29, 1.82) is 0 Å². The van der Waals surface area contributed by atoms with Crippen LogP contribution in [0.15, 0.2) is 30.3 Å². The molecule has 11 heteroatoms. The van der Waals surface area contributed by atoms with Gasteiger partial charge in [-0.05, 0) is 31.2 Å². The van der Waals surface area contributed by atoms with Crippen LogP contribution in [0.25, 0.3) is 22.4 Å². The quantitative estimate of drug-likeness (QED) is 0.407. The van der Waals surface area contributed by atoms with Crippen molar-refractivity contribution in [3.63, 3.8) is 0 Å². The van der Waals surface area contributed by atoms with E-state index in [4.69, 9.17) is 14.7 Å². The van der Waals surface area contributed by atoms with Gasteiger partial charge in [-0.25, -0.2) is 4.98 Å². The minimum Gasteiger partial charge on any atom is -0.496 e. The number of hydrogen-bond donors (Lipinski definition) is 3. The monoisotopic (exact) mass is 430 g/mol. The zero-order valence-electron chi connectivity index (χ0n) is 16.3. The number of primary amides is 1. The van der Waals surface area contributed by atoms with E-state index < -0.39 is 27.3 Å². The number of ether oxygens (including phenoxy) is 1. The Morgan fingerprint density at radius 2 is 1.97 bits per heavy atom. The zero-order valence-corrected chi connectivity index (χ0v) is 17.1. The number of H-pyrrole nitrogens is 1. The second-order valence-electron chi connectivity index (χ2n) is 7.09. The van der Waals surface area contributed by atoms with Gasteiger partial charge in [0.1, 0.15) is 17.3 Å². The van der Waals surface area contributed by atoms with Gasteiger partial charge in [-0.3, -0.25) is 9.59 Å². The van der Waals surface area contributed by atoms with E-state index in [1.54, 1.807) is 18.2 Å². The molecule has 2 amide bonds. The number of imidazole rings is 1. The Kier molecular flexibility index (Phi) is 4.24. The van der Waals surface area contributed by atoms with E-state index >= 15 is 0 Å². The van der Waals surface area contributed by atoms with E-state index in [0.717, 1.165) is 6.26 Å². The number of nitrogens with zero attached hydrogens (tertiary/aromatic N) is 1. The summed E-state index contributed by atoms with van der Waals surface area (Å²) in [4.78, 5) is 31.9. The van der Waals surface area contributed by atoms with Gasteiger partial charge < -0.3 is 25.0 Å². The summed E-state index contributed by atoms with van der Waals surface area (Å²) in [7, 11) is -2.24. The summed E-state index contributed by atoms with van der Waals surface area (Å²) < 4.78 is 32.9. The van der Waals surface area contributed by atoms with Gasteiger partial charge in [-0.2, -0.15) is 8.42 Å². The Bertz CT molecular complexity index is 1330. The maximum atomic E-state index is 12.3. The molecule has 30 heavy (non-hydrogen) atoms. The molecule has 10 nitrogen and oxygen atoms in total. The van der Waals surface area contributed by atoms with Gasteiger partial charge in [-0.1, -0.05) is 0 Å².